The fourth-order valence-corrected chi connectivity index (χ4v) is 2.52. The Morgan fingerprint density at radius 2 is 1.95 bits per heavy atom. The molecule has 2 aromatic rings. The average Bonchev–Trinajstić information content (AvgIpc) is 2.55. The third-order valence-electron chi connectivity index (χ3n) is 3.14. The molecule has 0 saturated carbocycles. The third-order valence-corrected chi connectivity index (χ3v) is 3.81. The Kier molecular flexibility index (Phi) is 5.22. The molecular formula is C16H20N4S. The topological polar surface area (TPSA) is 41.9 Å². The smallest absolute Gasteiger partial charge is 0.153 e. The Bertz CT molecular complexity index is 665. The minimum Gasteiger partial charge on any atom is -0.325 e. The summed E-state index contributed by atoms with van der Waals surface area (Å²) in [5, 5.41) is 0.923. The van der Waals surface area contributed by atoms with Gasteiger partial charge in [-0.2, -0.15) is 0 Å². The molecule has 0 fully saturated rings. The molecule has 4 nitrogen and oxygen atoms in total. The van der Waals surface area contributed by atoms with Gasteiger partial charge in [-0.3, -0.25) is 4.98 Å². The lowest BCUT2D eigenvalue weighted by atomic mass is 10.1. The zero-order valence-corrected chi connectivity index (χ0v) is 13.7. The zero-order chi connectivity index (χ0) is 15.2. The Labute approximate surface area is 129 Å². The third kappa shape index (κ3) is 3.98. The summed E-state index contributed by atoms with van der Waals surface area (Å²) < 4.78 is 0. The molecule has 2 rings (SSSR count). The first-order chi connectivity index (χ1) is 10.1. The fraction of sp³-hybridized carbons (Fsp3) is 0.312. The Balaban J connectivity index is 2.51. The molecule has 0 atom stereocenters. The average molecular weight is 300 g/mol. The molecule has 0 aliphatic heterocycles. The molecule has 0 aliphatic carbocycles. The van der Waals surface area contributed by atoms with Gasteiger partial charge < -0.3 is 4.90 Å². The van der Waals surface area contributed by atoms with Crippen LogP contribution in [0.5, 0.6) is 0 Å². The summed E-state index contributed by atoms with van der Waals surface area (Å²) in [5.74, 6) is 0.791. The highest BCUT2D eigenvalue weighted by Crippen LogP contribution is 2.26. The van der Waals surface area contributed by atoms with E-state index in [0.717, 1.165) is 23.1 Å². The molecular weight excluding hydrogens is 280 g/mol. The summed E-state index contributed by atoms with van der Waals surface area (Å²) in [5.41, 5.74) is 5.41. The number of benzene rings is 1. The van der Waals surface area contributed by atoms with Crippen molar-refractivity contribution in [1.29, 1.82) is 0 Å². The standard InChI is InChI=1S/C16H20N4S/c1-5-20(15-7-6-12(2)8-13(15)3)16-9-17-11-21-14(4)18-10-19-16/h6-11H,5H2,1-4H3. The number of aryl methyl sites for hydroxylation is 3. The molecule has 1 aromatic heterocycles. The van der Waals surface area contributed by atoms with Crippen molar-refractivity contribution in [2.45, 2.75) is 27.7 Å². The van der Waals surface area contributed by atoms with E-state index in [0.29, 0.717) is 0 Å². The van der Waals surface area contributed by atoms with Crippen molar-refractivity contribution in [2.24, 2.45) is 0 Å². The first-order valence-corrected chi connectivity index (χ1v) is 7.80. The van der Waals surface area contributed by atoms with E-state index >= 15 is 0 Å². The molecule has 21 heavy (non-hydrogen) atoms. The number of rotatable bonds is 3. The van der Waals surface area contributed by atoms with Crippen molar-refractivity contribution in [3.05, 3.63) is 52.4 Å². The van der Waals surface area contributed by atoms with Crippen LogP contribution in [0.1, 0.15) is 23.1 Å². The molecule has 0 bridgehead atoms. The maximum atomic E-state index is 4.45. The van der Waals surface area contributed by atoms with Crippen molar-refractivity contribution in [1.82, 2.24) is 15.0 Å². The summed E-state index contributed by atoms with van der Waals surface area (Å²) >= 11 is 1.49. The molecule has 0 spiro atoms. The minimum absolute atomic E-state index is 0.791. The first-order valence-electron chi connectivity index (χ1n) is 6.92. The molecule has 0 aliphatic rings. The van der Waals surface area contributed by atoms with Gasteiger partial charge in [0, 0.05) is 12.2 Å². The second-order valence-electron chi connectivity index (χ2n) is 4.79. The lowest BCUT2D eigenvalue weighted by Crippen LogP contribution is -2.18. The summed E-state index contributed by atoms with van der Waals surface area (Å²) in [6.45, 7) is 9.08. The predicted molar refractivity (Wildman–Crippen MR) is 88.7 cm³/mol. The number of hydrogen-bond acceptors (Lipinski definition) is 5. The summed E-state index contributed by atoms with van der Waals surface area (Å²) in [6.07, 6.45) is 3.37. The Hall–Kier alpha value is -2.01. The van der Waals surface area contributed by atoms with Crippen molar-refractivity contribution < 1.29 is 0 Å². The van der Waals surface area contributed by atoms with Crippen molar-refractivity contribution in [3.8, 4) is 0 Å². The SMILES string of the molecule is CCN(c1cncsc(C)ncn1)c1ccc(C)cc1C. The number of anilines is 2. The molecule has 1 aromatic carbocycles. The quantitative estimate of drug-likeness (QED) is 0.854. The van der Waals surface area contributed by atoms with Gasteiger partial charge in [-0.05, 0) is 39.3 Å². The van der Waals surface area contributed by atoms with Gasteiger partial charge in [-0.15, -0.1) is 11.3 Å². The summed E-state index contributed by atoms with van der Waals surface area (Å²) in [4.78, 5) is 15.2. The molecule has 0 unspecified atom stereocenters. The van der Waals surface area contributed by atoms with E-state index in [-0.39, 0.29) is 0 Å². The molecule has 0 amide bonds. The van der Waals surface area contributed by atoms with E-state index in [1.165, 1.54) is 22.5 Å². The predicted octanol–water partition coefficient (Wildman–Crippen LogP) is 4.14. The summed E-state index contributed by atoms with van der Waals surface area (Å²) in [6, 6.07) is 6.43. The van der Waals surface area contributed by atoms with Gasteiger partial charge in [-0.25, -0.2) is 9.97 Å². The van der Waals surface area contributed by atoms with Crippen LogP contribution in [0.2, 0.25) is 0 Å². The van der Waals surface area contributed by atoms with Crippen LogP contribution in [0.3, 0.4) is 0 Å². The second kappa shape index (κ2) is 7.13. The normalized spacial score (nSPS) is 10.1. The van der Waals surface area contributed by atoms with Crippen LogP contribution < -0.4 is 4.90 Å². The van der Waals surface area contributed by atoms with Crippen LogP contribution in [0.25, 0.3) is 0 Å². The lowest BCUT2D eigenvalue weighted by Gasteiger charge is -2.23. The van der Waals surface area contributed by atoms with Crippen molar-refractivity contribution >= 4 is 22.8 Å². The van der Waals surface area contributed by atoms with Gasteiger partial charge in [0.1, 0.15) is 6.33 Å². The van der Waals surface area contributed by atoms with Crippen molar-refractivity contribution in [2.75, 3.05) is 11.4 Å². The maximum Gasteiger partial charge on any atom is 0.153 e. The highest BCUT2D eigenvalue weighted by molar-refractivity contribution is 7.08. The second-order valence-corrected chi connectivity index (χ2v) is 5.82. The monoisotopic (exact) mass is 300 g/mol. The van der Waals surface area contributed by atoms with Crippen LogP contribution in [0.4, 0.5) is 11.5 Å². The van der Waals surface area contributed by atoms with Crippen LogP contribution in [0, 0.1) is 20.8 Å². The molecule has 0 saturated heterocycles. The van der Waals surface area contributed by atoms with E-state index in [1.807, 2.05) is 6.92 Å². The fourth-order valence-electron chi connectivity index (χ4n) is 2.14. The number of aromatic nitrogens is 3. The largest absolute Gasteiger partial charge is 0.325 e. The van der Waals surface area contributed by atoms with Crippen LogP contribution in [-0.4, -0.2) is 21.5 Å². The van der Waals surface area contributed by atoms with Crippen molar-refractivity contribution in [3.63, 3.8) is 0 Å². The van der Waals surface area contributed by atoms with Gasteiger partial charge in [0.05, 0.1) is 16.7 Å². The van der Waals surface area contributed by atoms with Crippen LogP contribution in [0.15, 0.2) is 36.2 Å². The van der Waals surface area contributed by atoms with E-state index in [2.05, 4.69) is 58.8 Å². The molecule has 5 heteroatoms. The molecule has 0 radical (unpaired) electrons. The van der Waals surface area contributed by atoms with Gasteiger partial charge in [0.25, 0.3) is 0 Å². The van der Waals surface area contributed by atoms with Gasteiger partial charge in [-0.1, -0.05) is 17.7 Å². The van der Waals surface area contributed by atoms with Gasteiger partial charge in [0.2, 0.25) is 0 Å². The molecule has 0 N–H and O–H groups in total. The van der Waals surface area contributed by atoms with E-state index in [9.17, 15) is 0 Å². The van der Waals surface area contributed by atoms with E-state index in [4.69, 9.17) is 0 Å². The van der Waals surface area contributed by atoms with Crippen LogP contribution >= 0.6 is 11.3 Å². The summed E-state index contributed by atoms with van der Waals surface area (Å²) in [7, 11) is 0. The highest BCUT2D eigenvalue weighted by Gasteiger charge is 2.10. The van der Waals surface area contributed by atoms with Crippen LogP contribution in [-0.2, 0) is 0 Å². The minimum atomic E-state index is 0.791. The zero-order valence-electron chi connectivity index (χ0n) is 12.9. The van der Waals surface area contributed by atoms with E-state index < -0.39 is 0 Å². The number of hydrogen-bond donors (Lipinski definition) is 0. The van der Waals surface area contributed by atoms with Gasteiger partial charge in [0.15, 0.2) is 5.82 Å². The number of nitrogens with zero attached hydrogens (tertiary/aromatic N) is 4. The first kappa shape index (κ1) is 15.4. The van der Waals surface area contributed by atoms with Gasteiger partial charge >= 0.3 is 0 Å². The highest BCUT2D eigenvalue weighted by atomic mass is 32.1. The Morgan fingerprint density at radius 3 is 2.67 bits per heavy atom. The van der Waals surface area contributed by atoms with E-state index in [1.54, 1.807) is 18.0 Å². The lowest BCUT2D eigenvalue weighted by molar-refractivity contribution is 0.971. The maximum absolute atomic E-state index is 4.45. The molecule has 1 heterocycles. The molecule has 110 valence electrons. The Morgan fingerprint density at radius 1 is 1.14 bits per heavy atom.